The average Bonchev–Trinajstić information content (AvgIpc) is 3.06. The fourth-order valence-corrected chi connectivity index (χ4v) is 3.16. The molecule has 0 saturated carbocycles. The molecule has 0 fully saturated rings. The van der Waals surface area contributed by atoms with Crippen LogP contribution in [0, 0.1) is 0 Å². The summed E-state index contributed by atoms with van der Waals surface area (Å²) in [6, 6.07) is 4.01. The number of thiophene rings is 1. The Morgan fingerprint density at radius 3 is 2.70 bits per heavy atom. The lowest BCUT2D eigenvalue weighted by Crippen LogP contribution is -2.36. The molecule has 0 unspecified atom stereocenters. The number of carboxylic acid groups (broad SMARTS) is 1. The molecule has 20 heavy (non-hydrogen) atoms. The maximum Gasteiger partial charge on any atom is 0.355 e. The molecule has 2 heterocycles. The number of carboxylic acids is 1. The zero-order valence-electron chi connectivity index (χ0n) is 11.0. The van der Waals surface area contributed by atoms with Gasteiger partial charge in [0.15, 0.2) is 10.7 Å². The van der Waals surface area contributed by atoms with E-state index in [4.69, 9.17) is 5.11 Å². The third kappa shape index (κ3) is 3.23. The van der Waals surface area contributed by atoms with Crippen molar-refractivity contribution in [2.45, 2.75) is 19.3 Å². The molecule has 0 atom stereocenters. The minimum atomic E-state index is -1.13. The summed E-state index contributed by atoms with van der Waals surface area (Å²) in [4.78, 5) is 27.6. The zero-order valence-corrected chi connectivity index (χ0v) is 12.7. The lowest BCUT2D eigenvalue weighted by molar-refractivity contribution is 0.0691. The van der Waals surface area contributed by atoms with E-state index in [0.29, 0.717) is 6.54 Å². The van der Waals surface area contributed by atoms with Crippen molar-refractivity contribution >= 4 is 34.6 Å². The third-order valence-electron chi connectivity index (χ3n) is 2.80. The van der Waals surface area contributed by atoms with E-state index in [1.807, 2.05) is 31.4 Å². The highest BCUT2D eigenvalue weighted by Crippen LogP contribution is 2.26. The average molecular weight is 310 g/mol. The summed E-state index contributed by atoms with van der Waals surface area (Å²) in [5, 5.41) is 15.1. The van der Waals surface area contributed by atoms with Crippen molar-refractivity contribution in [1.82, 2.24) is 10.3 Å². The first-order valence-electron chi connectivity index (χ1n) is 5.91. The molecule has 2 aromatic rings. The summed E-state index contributed by atoms with van der Waals surface area (Å²) in [6.45, 7) is 4.56. The van der Waals surface area contributed by atoms with Crippen molar-refractivity contribution in [3.63, 3.8) is 0 Å². The second-order valence-corrected chi connectivity index (χ2v) is 6.69. The predicted octanol–water partition coefficient (Wildman–Crippen LogP) is 2.61. The van der Waals surface area contributed by atoms with Gasteiger partial charge in [-0.05, 0) is 11.4 Å². The van der Waals surface area contributed by atoms with Gasteiger partial charge in [0.25, 0.3) is 5.91 Å². The van der Waals surface area contributed by atoms with Crippen molar-refractivity contribution in [3.8, 4) is 0 Å². The van der Waals surface area contributed by atoms with Gasteiger partial charge in [-0.15, -0.1) is 22.7 Å². The third-order valence-corrected chi connectivity index (χ3v) is 4.87. The molecule has 1 amide bonds. The number of nitrogens with one attached hydrogen (secondary N) is 1. The van der Waals surface area contributed by atoms with Gasteiger partial charge in [0, 0.05) is 22.2 Å². The van der Waals surface area contributed by atoms with Crippen LogP contribution in [0.4, 0.5) is 0 Å². The zero-order chi connectivity index (χ0) is 14.8. The lowest BCUT2D eigenvalue weighted by Gasteiger charge is -2.23. The van der Waals surface area contributed by atoms with E-state index in [1.165, 1.54) is 10.3 Å². The number of nitrogens with zero attached hydrogens (tertiary/aromatic N) is 1. The molecular formula is C13H14N2O3S2. The van der Waals surface area contributed by atoms with E-state index < -0.39 is 5.97 Å². The fourth-order valence-electron chi connectivity index (χ4n) is 1.60. The Morgan fingerprint density at radius 2 is 2.15 bits per heavy atom. The van der Waals surface area contributed by atoms with E-state index in [0.717, 1.165) is 11.3 Å². The highest BCUT2D eigenvalue weighted by atomic mass is 32.1. The SMILES string of the molecule is CC(C)(CNC(=O)c1nc(C(=O)O)cs1)c1cccs1. The highest BCUT2D eigenvalue weighted by molar-refractivity contribution is 7.12. The van der Waals surface area contributed by atoms with Crippen molar-refractivity contribution in [1.29, 1.82) is 0 Å². The molecule has 0 aliphatic heterocycles. The Balaban J connectivity index is 1.99. The van der Waals surface area contributed by atoms with Gasteiger partial charge in [0.05, 0.1) is 0 Å². The van der Waals surface area contributed by atoms with Gasteiger partial charge in [-0.3, -0.25) is 4.79 Å². The molecule has 0 aliphatic carbocycles. The summed E-state index contributed by atoms with van der Waals surface area (Å²) in [5.74, 6) is -1.47. The molecule has 0 aliphatic rings. The first-order chi connectivity index (χ1) is 9.40. The molecule has 0 spiro atoms. The van der Waals surface area contributed by atoms with Crippen LogP contribution in [0.1, 0.15) is 39.0 Å². The van der Waals surface area contributed by atoms with Crippen LogP contribution >= 0.6 is 22.7 Å². The van der Waals surface area contributed by atoms with Gasteiger partial charge in [-0.1, -0.05) is 19.9 Å². The van der Waals surface area contributed by atoms with Gasteiger partial charge in [0.2, 0.25) is 0 Å². The molecule has 106 valence electrons. The second kappa shape index (κ2) is 5.72. The fraction of sp³-hybridized carbons (Fsp3) is 0.308. The lowest BCUT2D eigenvalue weighted by atomic mass is 9.91. The molecular weight excluding hydrogens is 296 g/mol. The van der Waals surface area contributed by atoms with E-state index in [2.05, 4.69) is 10.3 Å². The molecule has 2 N–H and O–H groups in total. The Kier molecular flexibility index (Phi) is 4.20. The number of thiazole rings is 1. The van der Waals surface area contributed by atoms with E-state index in [1.54, 1.807) is 11.3 Å². The first kappa shape index (κ1) is 14.7. The number of carbonyl (C=O) groups is 2. The maximum absolute atomic E-state index is 11.9. The Labute approximate surface area is 124 Å². The van der Waals surface area contributed by atoms with E-state index in [9.17, 15) is 9.59 Å². The van der Waals surface area contributed by atoms with Crippen LogP contribution in [0.15, 0.2) is 22.9 Å². The minimum Gasteiger partial charge on any atom is -0.476 e. The topological polar surface area (TPSA) is 79.3 Å². The molecule has 0 saturated heterocycles. The number of aromatic carboxylic acids is 1. The van der Waals surface area contributed by atoms with Gasteiger partial charge in [0.1, 0.15) is 0 Å². The second-order valence-electron chi connectivity index (χ2n) is 4.89. The Hall–Kier alpha value is -1.73. The number of amides is 1. The van der Waals surface area contributed by atoms with Crippen LogP contribution in [0.2, 0.25) is 0 Å². The molecule has 2 rings (SSSR count). The van der Waals surface area contributed by atoms with E-state index >= 15 is 0 Å². The Morgan fingerprint density at radius 1 is 1.40 bits per heavy atom. The minimum absolute atomic E-state index is 0.0994. The number of rotatable bonds is 5. The van der Waals surface area contributed by atoms with Gasteiger partial charge in [-0.2, -0.15) is 0 Å². The summed E-state index contributed by atoms with van der Waals surface area (Å²) in [6.07, 6.45) is 0. The largest absolute Gasteiger partial charge is 0.476 e. The van der Waals surface area contributed by atoms with Crippen LogP contribution < -0.4 is 5.32 Å². The van der Waals surface area contributed by atoms with Crippen LogP contribution in [0.25, 0.3) is 0 Å². The predicted molar refractivity (Wildman–Crippen MR) is 78.8 cm³/mol. The molecule has 5 nitrogen and oxygen atoms in total. The molecule has 2 aromatic heterocycles. The van der Waals surface area contributed by atoms with Crippen molar-refractivity contribution in [2.75, 3.05) is 6.54 Å². The quantitative estimate of drug-likeness (QED) is 0.889. The normalized spacial score (nSPS) is 11.3. The maximum atomic E-state index is 11.9. The van der Waals surface area contributed by atoms with Crippen LogP contribution in [0.3, 0.4) is 0 Å². The van der Waals surface area contributed by atoms with Crippen LogP contribution in [0.5, 0.6) is 0 Å². The summed E-state index contributed by atoms with van der Waals surface area (Å²) < 4.78 is 0. The monoisotopic (exact) mass is 310 g/mol. The van der Waals surface area contributed by atoms with Crippen molar-refractivity contribution in [2.24, 2.45) is 0 Å². The van der Waals surface area contributed by atoms with Gasteiger partial charge < -0.3 is 10.4 Å². The molecule has 7 heteroatoms. The molecule has 0 aromatic carbocycles. The van der Waals surface area contributed by atoms with E-state index in [-0.39, 0.29) is 22.0 Å². The molecule has 0 bridgehead atoms. The summed E-state index contributed by atoms with van der Waals surface area (Å²) >= 11 is 2.68. The van der Waals surface area contributed by atoms with Gasteiger partial charge in [-0.25, -0.2) is 9.78 Å². The Bertz CT molecular complexity index is 617. The molecule has 0 radical (unpaired) electrons. The van der Waals surface area contributed by atoms with Crippen molar-refractivity contribution < 1.29 is 14.7 Å². The number of aromatic nitrogens is 1. The summed E-state index contributed by atoms with van der Waals surface area (Å²) in [5.41, 5.74) is -0.269. The first-order valence-corrected chi connectivity index (χ1v) is 7.67. The standard InChI is InChI=1S/C13H14N2O3S2/c1-13(2,9-4-3-5-19-9)7-14-10(16)11-15-8(6-20-11)12(17)18/h3-6H,7H2,1-2H3,(H,14,16)(H,17,18). The number of hydrogen-bond donors (Lipinski definition) is 2. The smallest absolute Gasteiger partial charge is 0.355 e. The summed E-state index contributed by atoms with van der Waals surface area (Å²) in [7, 11) is 0. The van der Waals surface area contributed by atoms with Crippen LogP contribution in [-0.4, -0.2) is 28.5 Å². The number of carbonyl (C=O) groups excluding carboxylic acids is 1. The van der Waals surface area contributed by atoms with Crippen LogP contribution in [-0.2, 0) is 5.41 Å². The van der Waals surface area contributed by atoms with Crippen molar-refractivity contribution in [3.05, 3.63) is 38.5 Å². The van der Waals surface area contributed by atoms with Gasteiger partial charge >= 0.3 is 5.97 Å². The highest BCUT2D eigenvalue weighted by Gasteiger charge is 2.23. The number of hydrogen-bond acceptors (Lipinski definition) is 5.